The van der Waals surface area contributed by atoms with E-state index in [1.54, 1.807) is 6.08 Å². The minimum Gasteiger partial charge on any atom is -0.0979 e. The normalized spacial score (nSPS) is 12.5. The van der Waals surface area contributed by atoms with Gasteiger partial charge in [0.15, 0.2) is 0 Å². The summed E-state index contributed by atoms with van der Waals surface area (Å²) < 4.78 is 0.989. The molecule has 0 aliphatic carbocycles. The highest BCUT2D eigenvalue weighted by molar-refractivity contribution is 9.15. The molecule has 0 nitrogen and oxygen atoms in total. The monoisotopic (exact) mass is 208 g/mol. The fraction of sp³-hybridized carbons (Fsp3) is 0. The molecule has 1 aromatic carbocycles. The van der Waals surface area contributed by atoms with Crippen LogP contribution in [0.25, 0.3) is 11.1 Å². The lowest BCUT2D eigenvalue weighted by molar-refractivity contribution is 1.53. The molecule has 0 spiro atoms. The van der Waals surface area contributed by atoms with Gasteiger partial charge in [0, 0.05) is 4.48 Å². The molecule has 0 radical (unpaired) electrons. The third-order valence-corrected chi connectivity index (χ3v) is 2.20. The Labute approximate surface area is 74.7 Å². The predicted octanol–water partition coefficient (Wildman–Crippen LogP) is 1.79. The molecule has 1 aromatic rings. The number of allylic oxidation sites excluding steroid dienone is 1. The molecule has 0 saturated carbocycles. The van der Waals surface area contributed by atoms with Crippen molar-refractivity contribution in [1.82, 2.24) is 0 Å². The molecule has 0 N–H and O–H groups in total. The fourth-order valence-electron chi connectivity index (χ4n) is 0.863. The smallest absolute Gasteiger partial charge is 0.0247 e. The fourth-order valence-corrected chi connectivity index (χ4v) is 1.25. The summed E-state index contributed by atoms with van der Waals surface area (Å²) in [6, 6.07) is 7.93. The molecule has 0 unspecified atom stereocenters. The highest BCUT2D eigenvalue weighted by Crippen LogP contribution is 2.01. The molecule has 0 aromatic heterocycles. The van der Waals surface area contributed by atoms with Crippen molar-refractivity contribution in [1.29, 1.82) is 0 Å². The predicted molar refractivity (Wildman–Crippen MR) is 53.7 cm³/mol. The standard InChI is InChI=1S/C10H9Br/c1-3-10(11)9-7-5-4-6-8(9)2/h3-7H,1-2H2/b10-9+. The first kappa shape index (κ1) is 8.28. The van der Waals surface area contributed by atoms with Crippen LogP contribution in [0.4, 0.5) is 0 Å². The summed E-state index contributed by atoms with van der Waals surface area (Å²) in [7, 11) is 0. The van der Waals surface area contributed by atoms with Gasteiger partial charge in [0.1, 0.15) is 0 Å². The second-order valence-electron chi connectivity index (χ2n) is 2.21. The molecule has 0 aliphatic heterocycles. The number of hydrogen-bond acceptors (Lipinski definition) is 0. The quantitative estimate of drug-likeness (QED) is 0.661. The van der Waals surface area contributed by atoms with Gasteiger partial charge >= 0.3 is 0 Å². The van der Waals surface area contributed by atoms with E-state index >= 15 is 0 Å². The molecule has 56 valence electrons. The minimum absolute atomic E-state index is 0.989. The third kappa shape index (κ3) is 1.81. The molecule has 0 aliphatic rings. The molecule has 0 saturated heterocycles. The first-order chi connectivity index (χ1) is 5.25. The van der Waals surface area contributed by atoms with Crippen molar-refractivity contribution >= 4 is 27.0 Å². The Balaban J connectivity index is 3.59. The van der Waals surface area contributed by atoms with Gasteiger partial charge in [-0.3, -0.25) is 0 Å². The molecule has 0 amide bonds. The maximum Gasteiger partial charge on any atom is 0.0247 e. The minimum atomic E-state index is 0.989. The van der Waals surface area contributed by atoms with Gasteiger partial charge in [-0.25, -0.2) is 0 Å². The van der Waals surface area contributed by atoms with Gasteiger partial charge in [0.05, 0.1) is 0 Å². The largest absolute Gasteiger partial charge is 0.0979 e. The maximum atomic E-state index is 3.89. The van der Waals surface area contributed by atoms with Gasteiger partial charge in [0.25, 0.3) is 0 Å². The summed E-state index contributed by atoms with van der Waals surface area (Å²) in [6.45, 7) is 7.56. The maximum absolute atomic E-state index is 3.89. The molecule has 0 bridgehead atoms. The van der Waals surface area contributed by atoms with Crippen molar-refractivity contribution < 1.29 is 0 Å². The van der Waals surface area contributed by atoms with E-state index in [0.717, 1.165) is 14.9 Å². The highest BCUT2D eigenvalue weighted by atomic mass is 79.9. The van der Waals surface area contributed by atoms with Crippen molar-refractivity contribution in [3.8, 4) is 0 Å². The first-order valence-electron chi connectivity index (χ1n) is 3.32. The zero-order valence-corrected chi connectivity index (χ0v) is 7.76. The molecule has 1 rings (SSSR count). The molecule has 0 atom stereocenters. The van der Waals surface area contributed by atoms with Crippen LogP contribution in [0.2, 0.25) is 0 Å². The Hall–Kier alpha value is -0.820. The van der Waals surface area contributed by atoms with Gasteiger partial charge in [-0.05, 0) is 10.4 Å². The van der Waals surface area contributed by atoms with E-state index in [-0.39, 0.29) is 0 Å². The van der Waals surface area contributed by atoms with Crippen LogP contribution in [0.5, 0.6) is 0 Å². The molecule has 0 fully saturated rings. The Kier molecular flexibility index (Phi) is 2.66. The van der Waals surface area contributed by atoms with Crippen LogP contribution in [-0.4, -0.2) is 0 Å². The Bertz CT molecular complexity index is 363. The summed E-state index contributed by atoms with van der Waals surface area (Å²) in [5.41, 5.74) is 0. The lowest BCUT2D eigenvalue weighted by Crippen LogP contribution is -2.22. The van der Waals surface area contributed by atoms with Crippen LogP contribution < -0.4 is 10.4 Å². The second kappa shape index (κ2) is 3.54. The summed E-state index contributed by atoms with van der Waals surface area (Å²) in [4.78, 5) is 0. The number of benzene rings is 1. The molecule has 0 heterocycles. The van der Waals surface area contributed by atoms with E-state index in [1.807, 2.05) is 24.3 Å². The van der Waals surface area contributed by atoms with E-state index in [4.69, 9.17) is 0 Å². The Morgan fingerprint density at radius 2 is 2.00 bits per heavy atom. The van der Waals surface area contributed by atoms with Crippen LogP contribution >= 0.6 is 15.9 Å². The van der Waals surface area contributed by atoms with Gasteiger partial charge in [0.2, 0.25) is 0 Å². The van der Waals surface area contributed by atoms with Gasteiger partial charge < -0.3 is 0 Å². The van der Waals surface area contributed by atoms with Gasteiger partial charge in [-0.2, -0.15) is 0 Å². The number of halogens is 1. The molecule has 1 heteroatoms. The van der Waals surface area contributed by atoms with Crippen molar-refractivity contribution in [3.05, 3.63) is 47.4 Å². The van der Waals surface area contributed by atoms with E-state index in [0.29, 0.717) is 0 Å². The van der Waals surface area contributed by atoms with Crippen molar-refractivity contribution in [2.75, 3.05) is 0 Å². The van der Waals surface area contributed by atoms with Gasteiger partial charge in [-0.15, -0.1) is 0 Å². The molecular weight excluding hydrogens is 200 g/mol. The van der Waals surface area contributed by atoms with Crippen LogP contribution in [0.15, 0.2) is 36.9 Å². The summed E-state index contributed by atoms with van der Waals surface area (Å²) in [6.07, 6.45) is 1.77. The highest BCUT2D eigenvalue weighted by Gasteiger charge is 1.85. The Morgan fingerprint density at radius 3 is 2.55 bits per heavy atom. The van der Waals surface area contributed by atoms with E-state index in [2.05, 4.69) is 29.1 Å². The van der Waals surface area contributed by atoms with Gasteiger partial charge in [-0.1, -0.05) is 59.4 Å². The zero-order chi connectivity index (χ0) is 8.27. The van der Waals surface area contributed by atoms with Crippen LogP contribution in [-0.2, 0) is 0 Å². The van der Waals surface area contributed by atoms with Crippen LogP contribution in [0.1, 0.15) is 0 Å². The summed E-state index contributed by atoms with van der Waals surface area (Å²) in [5.74, 6) is 0. The first-order valence-corrected chi connectivity index (χ1v) is 4.11. The van der Waals surface area contributed by atoms with Crippen molar-refractivity contribution in [3.63, 3.8) is 0 Å². The molecular formula is C10H9Br. The molecule has 11 heavy (non-hydrogen) atoms. The van der Waals surface area contributed by atoms with Crippen molar-refractivity contribution in [2.45, 2.75) is 0 Å². The summed E-state index contributed by atoms with van der Waals surface area (Å²) in [5, 5.41) is 2.11. The van der Waals surface area contributed by atoms with E-state index in [1.165, 1.54) is 0 Å². The SMILES string of the molecule is C=C/C(Br)=c1/ccccc1=C. The Morgan fingerprint density at radius 1 is 1.36 bits per heavy atom. The van der Waals surface area contributed by atoms with Crippen LogP contribution in [0, 0.1) is 0 Å². The average Bonchev–Trinajstić information content (AvgIpc) is 2.04. The average molecular weight is 209 g/mol. The summed E-state index contributed by atoms with van der Waals surface area (Å²) >= 11 is 3.39. The lowest BCUT2D eigenvalue weighted by atomic mass is 10.2. The third-order valence-electron chi connectivity index (χ3n) is 1.45. The van der Waals surface area contributed by atoms with E-state index < -0.39 is 0 Å². The van der Waals surface area contributed by atoms with E-state index in [9.17, 15) is 0 Å². The number of rotatable bonds is 1. The lowest BCUT2D eigenvalue weighted by Gasteiger charge is -1.89. The second-order valence-corrected chi connectivity index (χ2v) is 3.06. The topological polar surface area (TPSA) is 0 Å². The number of hydrogen-bond donors (Lipinski definition) is 0. The van der Waals surface area contributed by atoms with Crippen LogP contribution in [0.3, 0.4) is 0 Å². The zero-order valence-electron chi connectivity index (χ0n) is 6.18. The van der Waals surface area contributed by atoms with Crippen molar-refractivity contribution in [2.24, 2.45) is 0 Å².